The molecule has 0 saturated carbocycles. The number of benzene rings is 1. The van der Waals surface area contributed by atoms with Crippen molar-refractivity contribution in [3.05, 3.63) is 58.0 Å². The van der Waals surface area contributed by atoms with Gasteiger partial charge in [0.05, 0.1) is 17.3 Å². The second kappa shape index (κ2) is 8.16. The van der Waals surface area contributed by atoms with Crippen LogP contribution in [0.15, 0.2) is 45.6 Å². The second-order valence-electron chi connectivity index (χ2n) is 6.96. The number of hydrogen-bond acceptors (Lipinski definition) is 7. The monoisotopic (exact) mass is 414 g/mol. The average Bonchev–Trinajstić information content (AvgIpc) is 3.32. The zero-order valence-electron chi connectivity index (χ0n) is 15.6. The first kappa shape index (κ1) is 19.3. The number of oxime groups is 1. The van der Waals surface area contributed by atoms with Crippen LogP contribution in [0.5, 0.6) is 0 Å². The molecule has 0 fully saturated rings. The van der Waals surface area contributed by atoms with E-state index in [1.165, 1.54) is 12.1 Å². The van der Waals surface area contributed by atoms with E-state index >= 15 is 0 Å². The number of guanidine groups is 1. The predicted molar refractivity (Wildman–Crippen MR) is 111 cm³/mol. The minimum Gasteiger partial charge on any atom is -0.411 e. The van der Waals surface area contributed by atoms with Crippen molar-refractivity contribution in [2.24, 2.45) is 20.9 Å². The van der Waals surface area contributed by atoms with Gasteiger partial charge < -0.3 is 15.8 Å². The molecule has 150 valence electrons. The SMILES string of the molecule is NC1=NCCN1CCC1=Nc2nccc(/C(Cc3ccc(F)c(Cl)c3)=N/O)c2C1. The molecule has 1 aromatic carbocycles. The zero-order valence-corrected chi connectivity index (χ0v) is 16.4. The number of aromatic nitrogens is 1. The van der Waals surface area contributed by atoms with E-state index in [-0.39, 0.29) is 5.02 Å². The molecule has 3 heterocycles. The number of nitrogens with two attached hydrogens (primary N) is 1. The predicted octanol–water partition coefficient (Wildman–Crippen LogP) is 2.94. The maximum atomic E-state index is 13.4. The Morgan fingerprint density at radius 2 is 2.21 bits per heavy atom. The van der Waals surface area contributed by atoms with E-state index < -0.39 is 5.82 Å². The van der Waals surface area contributed by atoms with E-state index in [0.717, 1.165) is 48.5 Å². The van der Waals surface area contributed by atoms with Crippen LogP contribution in [0.1, 0.15) is 23.1 Å². The van der Waals surface area contributed by atoms with Gasteiger partial charge in [-0.1, -0.05) is 22.8 Å². The molecular formula is C20H20ClFN6O. The van der Waals surface area contributed by atoms with Gasteiger partial charge in [0, 0.05) is 55.4 Å². The highest BCUT2D eigenvalue weighted by molar-refractivity contribution is 6.30. The van der Waals surface area contributed by atoms with Crippen LogP contribution in [0.25, 0.3) is 0 Å². The Balaban J connectivity index is 1.49. The Bertz CT molecular complexity index is 1040. The fraction of sp³-hybridized carbons (Fsp3) is 0.300. The molecule has 29 heavy (non-hydrogen) atoms. The highest BCUT2D eigenvalue weighted by Crippen LogP contribution is 2.29. The second-order valence-corrected chi connectivity index (χ2v) is 7.37. The third-order valence-electron chi connectivity index (χ3n) is 5.10. The molecule has 1 aromatic heterocycles. The molecule has 0 unspecified atom stereocenters. The lowest BCUT2D eigenvalue weighted by molar-refractivity contribution is 0.318. The minimum absolute atomic E-state index is 0.0371. The summed E-state index contributed by atoms with van der Waals surface area (Å²) in [5, 5.41) is 13.2. The summed E-state index contributed by atoms with van der Waals surface area (Å²) in [6.07, 6.45) is 3.34. The smallest absolute Gasteiger partial charge is 0.191 e. The topological polar surface area (TPSA) is 99.5 Å². The molecule has 0 saturated heterocycles. The quantitative estimate of drug-likeness (QED) is 0.431. The molecule has 2 aliphatic rings. The highest BCUT2D eigenvalue weighted by atomic mass is 35.5. The summed E-state index contributed by atoms with van der Waals surface area (Å²) < 4.78 is 13.4. The molecule has 3 N–H and O–H groups in total. The van der Waals surface area contributed by atoms with E-state index in [4.69, 9.17) is 17.3 Å². The number of pyridine rings is 1. The standard InChI is InChI=1S/C20H20ClFN6O/c21-16-9-12(1-2-17(16)22)10-18(27-29)14-3-5-24-19-15(14)11-13(26-19)4-7-28-8-6-25-20(28)23/h1-3,5,9,29H,4,6-8,10-11H2,(H2,23,25)/b27-18+. The number of rotatable bonds is 6. The molecule has 0 amide bonds. The minimum atomic E-state index is -0.482. The number of nitrogens with zero attached hydrogens (tertiary/aromatic N) is 5. The fourth-order valence-electron chi connectivity index (χ4n) is 3.58. The van der Waals surface area contributed by atoms with Crippen molar-refractivity contribution in [2.45, 2.75) is 19.3 Å². The van der Waals surface area contributed by atoms with Crippen molar-refractivity contribution in [2.75, 3.05) is 19.6 Å². The average molecular weight is 415 g/mol. The highest BCUT2D eigenvalue weighted by Gasteiger charge is 2.23. The lowest BCUT2D eigenvalue weighted by Crippen LogP contribution is -2.35. The summed E-state index contributed by atoms with van der Waals surface area (Å²) in [4.78, 5) is 15.2. The Morgan fingerprint density at radius 1 is 1.34 bits per heavy atom. The summed E-state index contributed by atoms with van der Waals surface area (Å²) in [6.45, 7) is 2.32. The lowest BCUT2D eigenvalue weighted by Gasteiger charge is -2.16. The summed E-state index contributed by atoms with van der Waals surface area (Å²) in [7, 11) is 0. The van der Waals surface area contributed by atoms with E-state index in [9.17, 15) is 9.60 Å². The third-order valence-corrected chi connectivity index (χ3v) is 5.39. The van der Waals surface area contributed by atoms with Gasteiger partial charge in [0.25, 0.3) is 0 Å². The summed E-state index contributed by atoms with van der Waals surface area (Å²) in [6, 6.07) is 6.27. The molecule has 0 aliphatic carbocycles. The summed E-state index contributed by atoms with van der Waals surface area (Å²) >= 11 is 5.87. The van der Waals surface area contributed by atoms with Crippen LogP contribution in [0.4, 0.5) is 10.2 Å². The maximum Gasteiger partial charge on any atom is 0.191 e. The molecule has 2 aromatic rings. The van der Waals surface area contributed by atoms with Crippen molar-refractivity contribution < 1.29 is 9.60 Å². The van der Waals surface area contributed by atoms with E-state index in [1.807, 2.05) is 11.0 Å². The molecular weight excluding hydrogens is 395 g/mol. The summed E-state index contributed by atoms with van der Waals surface area (Å²) in [5.74, 6) is 0.732. The molecule has 7 nitrogen and oxygen atoms in total. The van der Waals surface area contributed by atoms with Gasteiger partial charge in [0.15, 0.2) is 11.8 Å². The van der Waals surface area contributed by atoms with Crippen molar-refractivity contribution in [3.63, 3.8) is 0 Å². The van der Waals surface area contributed by atoms with Gasteiger partial charge in [-0.25, -0.2) is 14.4 Å². The van der Waals surface area contributed by atoms with Gasteiger partial charge >= 0.3 is 0 Å². The van der Waals surface area contributed by atoms with Crippen LogP contribution >= 0.6 is 11.6 Å². The molecule has 0 spiro atoms. The molecule has 0 bridgehead atoms. The first-order valence-corrected chi connectivity index (χ1v) is 9.67. The van der Waals surface area contributed by atoms with Gasteiger partial charge in [0.2, 0.25) is 0 Å². The Hall–Kier alpha value is -3.00. The van der Waals surface area contributed by atoms with Crippen LogP contribution in [-0.4, -0.2) is 52.1 Å². The van der Waals surface area contributed by atoms with Gasteiger partial charge in [-0.3, -0.25) is 4.99 Å². The summed E-state index contributed by atoms with van der Waals surface area (Å²) in [5.41, 5.74) is 9.78. The molecule has 2 aliphatic heterocycles. The number of halogens is 2. The van der Waals surface area contributed by atoms with Crippen LogP contribution in [0.2, 0.25) is 5.02 Å². The number of fused-ring (bicyclic) bond motifs is 1. The molecule has 4 rings (SSSR count). The normalized spacial score (nSPS) is 16.1. The van der Waals surface area contributed by atoms with E-state index in [0.29, 0.717) is 30.3 Å². The van der Waals surface area contributed by atoms with E-state index in [2.05, 4.69) is 20.1 Å². The fourth-order valence-corrected chi connectivity index (χ4v) is 3.78. The lowest BCUT2D eigenvalue weighted by atomic mass is 9.96. The van der Waals surface area contributed by atoms with Crippen molar-refractivity contribution >= 4 is 34.8 Å². The molecule has 0 radical (unpaired) electrons. The zero-order chi connectivity index (χ0) is 20.4. The van der Waals surface area contributed by atoms with E-state index in [1.54, 1.807) is 12.3 Å². The molecule has 9 heteroatoms. The first-order valence-electron chi connectivity index (χ1n) is 9.29. The van der Waals surface area contributed by atoms with Crippen LogP contribution in [-0.2, 0) is 12.8 Å². The van der Waals surface area contributed by atoms with Crippen molar-refractivity contribution in [1.29, 1.82) is 0 Å². The molecule has 0 atom stereocenters. The van der Waals surface area contributed by atoms with Crippen LogP contribution < -0.4 is 5.73 Å². The van der Waals surface area contributed by atoms with Gasteiger partial charge in [0.1, 0.15) is 5.82 Å². The number of aliphatic imine (C=N–C) groups is 2. The van der Waals surface area contributed by atoms with Crippen molar-refractivity contribution in [3.8, 4) is 0 Å². The Morgan fingerprint density at radius 3 is 2.93 bits per heavy atom. The first-order chi connectivity index (χ1) is 14.0. The largest absolute Gasteiger partial charge is 0.411 e. The van der Waals surface area contributed by atoms with Gasteiger partial charge in [-0.15, -0.1) is 0 Å². The Labute approximate surface area is 172 Å². The van der Waals surface area contributed by atoms with Crippen LogP contribution in [0.3, 0.4) is 0 Å². The van der Waals surface area contributed by atoms with Gasteiger partial charge in [-0.2, -0.15) is 0 Å². The van der Waals surface area contributed by atoms with Crippen LogP contribution in [0, 0.1) is 5.82 Å². The van der Waals surface area contributed by atoms with Gasteiger partial charge in [-0.05, 0) is 23.8 Å². The number of hydrogen-bond donors (Lipinski definition) is 2. The third kappa shape index (κ3) is 4.07. The Kier molecular flexibility index (Phi) is 5.44. The van der Waals surface area contributed by atoms with Crippen molar-refractivity contribution in [1.82, 2.24) is 9.88 Å². The maximum absolute atomic E-state index is 13.4.